The van der Waals surface area contributed by atoms with Gasteiger partial charge in [-0.15, -0.1) is 0 Å². The number of rotatable bonds is 8. The lowest BCUT2D eigenvalue weighted by Crippen LogP contribution is -2.35. The first-order valence-corrected chi connectivity index (χ1v) is 7.46. The summed E-state index contributed by atoms with van der Waals surface area (Å²) in [5.74, 6) is 0.844. The van der Waals surface area contributed by atoms with Crippen molar-refractivity contribution in [3.8, 4) is 0 Å². The number of nitrogens with zero attached hydrogens (tertiary/aromatic N) is 1. The predicted molar refractivity (Wildman–Crippen MR) is 81.1 cm³/mol. The minimum absolute atomic E-state index is 0.0965. The molecular formula is C15H22N4O2. The summed E-state index contributed by atoms with van der Waals surface area (Å²) in [7, 11) is 0. The van der Waals surface area contributed by atoms with E-state index in [4.69, 9.17) is 0 Å². The summed E-state index contributed by atoms with van der Waals surface area (Å²) in [5.41, 5.74) is 0.567. The third kappa shape index (κ3) is 5.06. The molecular weight excluding hydrogens is 268 g/mol. The van der Waals surface area contributed by atoms with E-state index in [0.717, 1.165) is 25.8 Å². The molecule has 1 aliphatic carbocycles. The SMILES string of the molecule is CCCNc1cc(C(=O)NCCNC(=O)C2CC2)ccn1. The Hall–Kier alpha value is -2.11. The lowest BCUT2D eigenvalue weighted by molar-refractivity contribution is -0.122. The standard InChI is InChI=1S/C15H22N4O2/c1-2-6-16-13-10-12(5-7-17-13)15(21)19-9-8-18-14(20)11-3-4-11/h5,7,10-11H,2-4,6,8-9H2,1H3,(H,16,17)(H,18,20)(H,19,21). The molecule has 0 aliphatic heterocycles. The molecule has 21 heavy (non-hydrogen) atoms. The second-order valence-corrected chi connectivity index (χ2v) is 5.18. The van der Waals surface area contributed by atoms with Crippen LogP contribution in [0.2, 0.25) is 0 Å². The molecule has 1 heterocycles. The molecule has 1 fully saturated rings. The minimum Gasteiger partial charge on any atom is -0.370 e. The van der Waals surface area contributed by atoms with Gasteiger partial charge in [0.15, 0.2) is 0 Å². The second kappa shape index (κ2) is 7.61. The number of aromatic nitrogens is 1. The number of carbonyl (C=O) groups is 2. The average Bonchev–Trinajstić information content (AvgIpc) is 3.34. The molecule has 3 N–H and O–H groups in total. The van der Waals surface area contributed by atoms with Crippen molar-refractivity contribution in [2.45, 2.75) is 26.2 Å². The number of pyridine rings is 1. The lowest BCUT2D eigenvalue weighted by Gasteiger charge is -2.08. The van der Waals surface area contributed by atoms with Crippen LogP contribution < -0.4 is 16.0 Å². The Balaban J connectivity index is 1.72. The van der Waals surface area contributed by atoms with Crippen molar-refractivity contribution in [3.05, 3.63) is 23.9 Å². The molecule has 2 rings (SSSR count). The van der Waals surface area contributed by atoms with E-state index >= 15 is 0 Å². The van der Waals surface area contributed by atoms with Gasteiger partial charge in [-0.05, 0) is 31.4 Å². The van der Waals surface area contributed by atoms with E-state index in [0.29, 0.717) is 24.5 Å². The van der Waals surface area contributed by atoms with Gasteiger partial charge in [-0.3, -0.25) is 9.59 Å². The minimum atomic E-state index is -0.155. The maximum absolute atomic E-state index is 12.0. The van der Waals surface area contributed by atoms with Crippen LogP contribution in [-0.2, 0) is 4.79 Å². The summed E-state index contributed by atoms with van der Waals surface area (Å²) in [4.78, 5) is 27.6. The van der Waals surface area contributed by atoms with Gasteiger partial charge in [-0.25, -0.2) is 4.98 Å². The average molecular weight is 290 g/mol. The van der Waals surface area contributed by atoms with E-state index in [1.165, 1.54) is 0 Å². The maximum atomic E-state index is 12.0. The van der Waals surface area contributed by atoms with Crippen molar-refractivity contribution in [3.63, 3.8) is 0 Å². The Labute approximate surface area is 124 Å². The van der Waals surface area contributed by atoms with E-state index in [2.05, 4.69) is 27.9 Å². The van der Waals surface area contributed by atoms with Crippen LogP contribution in [-0.4, -0.2) is 36.4 Å². The highest BCUT2D eigenvalue weighted by atomic mass is 16.2. The fourth-order valence-corrected chi connectivity index (χ4v) is 1.88. The molecule has 0 aromatic carbocycles. The summed E-state index contributed by atoms with van der Waals surface area (Å²) in [5, 5.41) is 8.74. The van der Waals surface area contributed by atoms with Crippen molar-refractivity contribution in [1.82, 2.24) is 15.6 Å². The molecule has 1 aliphatic rings. The highest BCUT2D eigenvalue weighted by molar-refractivity contribution is 5.94. The van der Waals surface area contributed by atoms with E-state index in [1.807, 2.05) is 0 Å². The van der Waals surface area contributed by atoms with Gasteiger partial charge in [-0.1, -0.05) is 6.92 Å². The van der Waals surface area contributed by atoms with Gasteiger partial charge in [0.2, 0.25) is 5.91 Å². The molecule has 1 aromatic rings. The van der Waals surface area contributed by atoms with Gasteiger partial charge in [-0.2, -0.15) is 0 Å². The number of hydrogen-bond donors (Lipinski definition) is 3. The van der Waals surface area contributed by atoms with Gasteiger partial charge in [0.25, 0.3) is 5.91 Å². The van der Waals surface area contributed by atoms with Gasteiger partial charge < -0.3 is 16.0 Å². The predicted octanol–water partition coefficient (Wildman–Crippen LogP) is 1.16. The van der Waals surface area contributed by atoms with Gasteiger partial charge >= 0.3 is 0 Å². The number of carbonyl (C=O) groups excluding carboxylic acids is 2. The summed E-state index contributed by atoms with van der Waals surface area (Å²) >= 11 is 0. The first kappa shape index (κ1) is 15.3. The number of hydrogen-bond acceptors (Lipinski definition) is 4. The van der Waals surface area contributed by atoms with Crippen LogP contribution in [0.3, 0.4) is 0 Å². The van der Waals surface area contributed by atoms with Crippen LogP contribution in [0.5, 0.6) is 0 Å². The molecule has 0 unspecified atom stereocenters. The van der Waals surface area contributed by atoms with E-state index in [9.17, 15) is 9.59 Å². The van der Waals surface area contributed by atoms with Crippen molar-refractivity contribution >= 4 is 17.6 Å². The van der Waals surface area contributed by atoms with Crippen molar-refractivity contribution in [1.29, 1.82) is 0 Å². The van der Waals surface area contributed by atoms with Crippen LogP contribution >= 0.6 is 0 Å². The number of anilines is 1. The molecule has 0 atom stereocenters. The summed E-state index contributed by atoms with van der Waals surface area (Å²) < 4.78 is 0. The van der Waals surface area contributed by atoms with Crippen LogP contribution in [0, 0.1) is 5.92 Å². The Morgan fingerprint density at radius 1 is 1.24 bits per heavy atom. The van der Waals surface area contributed by atoms with Crippen molar-refractivity contribution in [2.24, 2.45) is 5.92 Å². The Morgan fingerprint density at radius 3 is 2.71 bits per heavy atom. The Bertz CT molecular complexity index is 500. The molecule has 6 nitrogen and oxygen atoms in total. The molecule has 0 radical (unpaired) electrons. The van der Waals surface area contributed by atoms with Crippen molar-refractivity contribution in [2.75, 3.05) is 25.0 Å². The van der Waals surface area contributed by atoms with Crippen LogP contribution in [0.4, 0.5) is 5.82 Å². The quantitative estimate of drug-likeness (QED) is 0.627. The first-order chi connectivity index (χ1) is 10.2. The summed E-state index contributed by atoms with van der Waals surface area (Å²) in [6.45, 7) is 3.79. The molecule has 0 bridgehead atoms. The van der Waals surface area contributed by atoms with Crippen LogP contribution in [0.1, 0.15) is 36.5 Å². The zero-order valence-corrected chi connectivity index (χ0v) is 12.3. The highest BCUT2D eigenvalue weighted by Gasteiger charge is 2.28. The molecule has 0 spiro atoms. The number of amides is 2. The van der Waals surface area contributed by atoms with E-state index in [1.54, 1.807) is 18.3 Å². The van der Waals surface area contributed by atoms with Crippen LogP contribution in [0.25, 0.3) is 0 Å². The Morgan fingerprint density at radius 2 is 2.00 bits per heavy atom. The molecule has 2 amide bonds. The molecule has 6 heteroatoms. The van der Waals surface area contributed by atoms with Gasteiger partial charge in [0.05, 0.1) is 0 Å². The smallest absolute Gasteiger partial charge is 0.251 e. The molecule has 0 saturated heterocycles. The Kier molecular flexibility index (Phi) is 5.54. The fourth-order valence-electron chi connectivity index (χ4n) is 1.88. The zero-order valence-electron chi connectivity index (χ0n) is 12.3. The molecule has 1 saturated carbocycles. The van der Waals surface area contributed by atoms with Crippen molar-refractivity contribution < 1.29 is 9.59 Å². The van der Waals surface area contributed by atoms with Crippen LogP contribution in [0.15, 0.2) is 18.3 Å². The van der Waals surface area contributed by atoms with Gasteiger partial charge in [0.1, 0.15) is 5.82 Å². The summed E-state index contributed by atoms with van der Waals surface area (Å²) in [6, 6.07) is 3.41. The monoisotopic (exact) mass is 290 g/mol. The largest absolute Gasteiger partial charge is 0.370 e. The normalized spacial score (nSPS) is 13.6. The number of nitrogens with one attached hydrogen (secondary N) is 3. The third-order valence-corrected chi connectivity index (χ3v) is 3.24. The maximum Gasteiger partial charge on any atom is 0.251 e. The van der Waals surface area contributed by atoms with E-state index < -0.39 is 0 Å². The third-order valence-electron chi connectivity index (χ3n) is 3.24. The summed E-state index contributed by atoms with van der Waals surface area (Å²) in [6.07, 6.45) is 4.59. The lowest BCUT2D eigenvalue weighted by atomic mass is 10.2. The molecule has 1 aromatic heterocycles. The zero-order chi connectivity index (χ0) is 15.1. The molecule has 114 valence electrons. The van der Waals surface area contributed by atoms with Gasteiger partial charge in [0, 0.05) is 37.3 Å². The first-order valence-electron chi connectivity index (χ1n) is 7.46. The highest BCUT2D eigenvalue weighted by Crippen LogP contribution is 2.28. The second-order valence-electron chi connectivity index (χ2n) is 5.18. The van der Waals surface area contributed by atoms with E-state index in [-0.39, 0.29) is 17.7 Å². The fraction of sp³-hybridized carbons (Fsp3) is 0.533. The topological polar surface area (TPSA) is 83.1 Å².